The summed E-state index contributed by atoms with van der Waals surface area (Å²) in [6.45, 7) is 12.1. The van der Waals surface area contributed by atoms with Crippen molar-refractivity contribution in [2.45, 2.75) is 40.2 Å². The third-order valence-electron chi connectivity index (χ3n) is 3.21. The molecule has 0 N–H and O–H groups in total. The van der Waals surface area contributed by atoms with Crippen molar-refractivity contribution in [3.05, 3.63) is 59.4 Å². The minimum absolute atomic E-state index is 0.173. The Morgan fingerprint density at radius 1 is 1.29 bits per heavy atom. The van der Waals surface area contributed by atoms with Crippen LogP contribution in [0.1, 0.15) is 34.1 Å². The third kappa shape index (κ3) is 4.10. The molecule has 0 fully saturated rings. The first kappa shape index (κ1) is 13.6. The fourth-order valence-electron chi connectivity index (χ4n) is 1.56. The summed E-state index contributed by atoms with van der Waals surface area (Å²) in [4.78, 5) is 0. The van der Waals surface area contributed by atoms with Gasteiger partial charge in [0.2, 0.25) is 0 Å². The van der Waals surface area contributed by atoms with Crippen molar-refractivity contribution in [2.24, 2.45) is 0 Å². The highest BCUT2D eigenvalue weighted by Crippen LogP contribution is 2.20. The van der Waals surface area contributed by atoms with Crippen molar-refractivity contribution >= 4 is 0 Å². The maximum absolute atomic E-state index is 5.70. The molecule has 1 nitrogen and oxygen atoms in total. The summed E-state index contributed by atoms with van der Waals surface area (Å²) in [7, 11) is 0. The van der Waals surface area contributed by atoms with Gasteiger partial charge in [-0.2, -0.15) is 0 Å². The third-order valence-corrected chi connectivity index (χ3v) is 3.21. The predicted octanol–water partition coefficient (Wildman–Crippen LogP) is 4.70. The summed E-state index contributed by atoms with van der Waals surface area (Å²) in [6, 6.07) is 0. The van der Waals surface area contributed by atoms with E-state index < -0.39 is 0 Å². The molecule has 0 radical (unpaired) electrons. The van der Waals surface area contributed by atoms with Crippen LogP contribution in [0.5, 0.6) is 0 Å². The molecule has 0 aromatic rings. The highest BCUT2D eigenvalue weighted by molar-refractivity contribution is 5.32. The van der Waals surface area contributed by atoms with Gasteiger partial charge in [0.25, 0.3) is 0 Å². The molecular weight excluding hydrogens is 208 g/mol. The SMILES string of the molecule is C=C/C(C)=C(C)\C=C\OC1C=C(C)C(C)=CC1. The Labute approximate surface area is 105 Å². The smallest absolute Gasteiger partial charge is 0.120 e. The lowest BCUT2D eigenvalue weighted by molar-refractivity contribution is 0.187. The summed E-state index contributed by atoms with van der Waals surface area (Å²) in [6.07, 6.45) is 11.2. The van der Waals surface area contributed by atoms with E-state index in [0.717, 1.165) is 6.42 Å². The minimum atomic E-state index is 0.173. The molecule has 0 heterocycles. The zero-order valence-corrected chi connectivity index (χ0v) is 11.3. The lowest BCUT2D eigenvalue weighted by Crippen LogP contribution is -2.09. The summed E-state index contributed by atoms with van der Waals surface area (Å²) in [5.41, 5.74) is 5.02. The van der Waals surface area contributed by atoms with Crippen molar-refractivity contribution in [1.29, 1.82) is 0 Å². The maximum Gasteiger partial charge on any atom is 0.120 e. The Balaban J connectivity index is 2.54. The van der Waals surface area contributed by atoms with E-state index in [0.29, 0.717) is 0 Å². The van der Waals surface area contributed by atoms with E-state index in [1.807, 2.05) is 19.1 Å². The molecule has 0 spiro atoms. The maximum atomic E-state index is 5.70. The van der Waals surface area contributed by atoms with Crippen LogP contribution in [0, 0.1) is 0 Å². The lowest BCUT2D eigenvalue weighted by Gasteiger charge is -2.17. The molecule has 0 saturated heterocycles. The Kier molecular flexibility index (Phi) is 5.02. The molecule has 0 saturated carbocycles. The Morgan fingerprint density at radius 2 is 2.00 bits per heavy atom. The van der Waals surface area contributed by atoms with E-state index >= 15 is 0 Å². The molecule has 1 heteroatoms. The van der Waals surface area contributed by atoms with Crippen molar-refractivity contribution in [1.82, 2.24) is 0 Å². The number of ether oxygens (including phenoxy) is 1. The topological polar surface area (TPSA) is 9.23 Å². The van der Waals surface area contributed by atoms with Crippen molar-refractivity contribution < 1.29 is 4.74 Å². The first-order valence-corrected chi connectivity index (χ1v) is 6.02. The molecule has 1 aliphatic rings. The minimum Gasteiger partial charge on any atom is -0.494 e. The fourth-order valence-corrected chi connectivity index (χ4v) is 1.56. The van der Waals surface area contributed by atoms with Gasteiger partial charge in [-0.05, 0) is 56.6 Å². The van der Waals surface area contributed by atoms with Gasteiger partial charge in [0.15, 0.2) is 0 Å². The standard InChI is InChI=1S/C16H22O/c1-6-12(2)14(4)9-10-17-16-8-7-13(3)15(5)11-16/h6-7,9-11,16H,1,8H2,2-5H3/b10-9+,14-12-. The second-order valence-electron chi connectivity index (χ2n) is 4.52. The van der Waals surface area contributed by atoms with Gasteiger partial charge < -0.3 is 4.74 Å². The van der Waals surface area contributed by atoms with Crippen LogP contribution in [0.4, 0.5) is 0 Å². The van der Waals surface area contributed by atoms with Crippen LogP contribution >= 0.6 is 0 Å². The van der Waals surface area contributed by atoms with Gasteiger partial charge in [0.05, 0.1) is 6.26 Å². The molecule has 17 heavy (non-hydrogen) atoms. The van der Waals surface area contributed by atoms with Crippen LogP contribution in [-0.4, -0.2) is 6.10 Å². The monoisotopic (exact) mass is 230 g/mol. The van der Waals surface area contributed by atoms with Crippen molar-refractivity contribution in [2.75, 3.05) is 0 Å². The summed E-state index contributed by atoms with van der Waals surface area (Å²) in [5, 5.41) is 0. The Hall–Kier alpha value is -1.50. The highest BCUT2D eigenvalue weighted by Gasteiger charge is 2.09. The Morgan fingerprint density at radius 3 is 2.59 bits per heavy atom. The van der Waals surface area contributed by atoms with E-state index in [4.69, 9.17) is 4.74 Å². The fraction of sp³-hybridized carbons (Fsp3) is 0.375. The molecule has 1 rings (SSSR count). The zero-order chi connectivity index (χ0) is 12.8. The number of hydrogen-bond acceptors (Lipinski definition) is 1. The van der Waals surface area contributed by atoms with E-state index in [1.165, 1.54) is 22.3 Å². The Bertz CT molecular complexity index is 405. The highest BCUT2D eigenvalue weighted by atomic mass is 16.5. The first-order chi connectivity index (χ1) is 8.04. The molecule has 0 amide bonds. The van der Waals surface area contributed by atoms with E-state index in [2.05, 4.69) is 39.5 Å². The number of rotatable bonds is 4. The van der Waals surface area contributed by atoms with Crippen LogP contribution in [0.2, 0.25) is 0 Å². The van der Waals surface area contributed by atoms with Crippen molar-refractivity contribution in [3.8, 4) is 0 Å². The average Bonchev–Trinajstić information content (AvgIpc) is 2.32. The molecule has 1 aliphatic carbocycles. The summed E-state index contributed by atoms with van der Waals surface area (Å²) < 4.78 is 5.70. The molecule has 0 aromatic carbocycles. The van der Waals surface area contributed by atoms with Gasteiger partial charge in [-0.15, -0.1) is 0 Å². The van der Waals surface area contributed by atoms with Gasteiger partial charge >= 0.3 is 0 Å². The largest absolute Gasteiger partial charge is 0.494 e. The molecule has 0 aliphatic heterocycles. The van der Waals surface area contributed by atoms with Crippen molar-refractivity contribution in [3.63, 3.8) is 0 Å². The molecule has 1 unspecified atom stereocenters. The molecule has 92 valence electrons. The number of hydrogen-bond donors (Lipinski definition) is 0. The van der Waals surface area contributed by atoms with Gasteiger partial charge in [-0.3, -0.25) is 0 Å². The van der Waals surface area contributed by atoms with Gasteiger partial charge in [0, 0.05) is 6.42 Å². The second kappa shape index (κ2) is 6.29. The van der Waals surface area contributed by atoms with Gasteiger partial charge in [-0.1, -0.05) is 24.3 Å². The van der Waals surface area contributed by atoms with E-state index in [-0.39, 0.29) is 6.10 Å². The van der Waals surface area contributed by atoms with Crippen LogP contribution in [-0.2, 0) is 4.74 Å². The molecule has 0 aromatic heterocycles. The van der Waals surface area contributed by atoms with Crippen LogP contribution in [0.25, 0.3) is 0 Å². The molecule has 1 atom stereocenters. The number of allylic oxidation sites excluding steroid dienone is 6. The summed E-state index contributed by atoms with van der Waals surface area (Å²) in [5.74, 6) is 0. The normalized spacial score (nSPS) is 21.8. The van der Waals surface area contributed by atoms with E-state index in [1.54, 1.807) is 6.26 Å². The zero-order valence-electron chi connectivity index (χ0n) is 11.3. The molecule has 0 bridgehead atoms. The van der Waals surface area contributed by atoms with Crippen LogP contribution in [0.3, 0.4) is 0 Å². The summed E-state index contributed by atoms with van der Waals surface area (Å²) >= 11 is 0. The lowest BCUT2D eigenvalue weighted by atomic mass is 9.99. The van der Waals surface area contributed by atoms with Gasteiger partial charge in [-0.25, -0.2) is 0 Å². The average molecular weight is 230 g/mol. The van der Waals surface area contributed by atoms with Crippen LogP contribution in [0.15, 0.2) is 59.4 Å². The van der Waals surface area contributed by atoms with E-state index in [9.17, 15) is 0 Å². The predicted molar refractivity (Wildman–Crippen MR) is 74.7 cm³/mol. The molecular formula is C16H22O. The van der Waals surface area contributed by atoms with Gasteiger partial charge in [0.1, 0.15) is 6.10 Å². The second-order valence-corrected chi connectivity index (χ2v) is 4.52. The van der Waals surface area contributed by atoms with Crippen LogP contribution < -0.4 is 0 Å². The first-order valence-electron chi connectivity index (χ1n) is 6.02. The quantitative estimate of drug-likeness (QED) is 0.502.